The predicted molar refractivity (Wildman–Crippen MR) is 102 cm³/mol. The number of rotatable bonds is 9. The molecule has 0 radical (unpaired) electrons. The van der Waals surface area contributed by atoms with Crippen LogP contribution >= 0.6 is 19.2 Å². The predicted octanol–water partition coefficient (Wildman–Crippen LogP) is 2.31. The van der Waals surface area contributed by atoms with Crippen LogP contribution in [0.15, 0.2) is 24.3 Å². The van der Waals surface area contributed by atoms with Crippen molar-refractivity contribution in [1.29, 1.82) is 0 Å². The summed E-state index contributed by atoms with van der Waals surface area (Å²) in [5.41, 5.74) is 1.64. The number of carbonyl (C=O) groups excluding carboxylic acids is 2. The van der Waals surface area contributed by atoms with Crippen molar-refractivity contribution >= 4 is 31.2 Å². The normalized spacial score (nSPS) is 12.6. The minimum absolute atomic E-state index is 0.0146. The van der Waals surface area contributed by atoms with Crippen molar-refractivity contribution in [3.8, 4) is 0 Å². The number of carbonyl (C=O) groups is 2. The van der Waals surface area contributed by atoms with Gasteiger partial charge in [-0.05, 0) is 17.0 Å². The van der Waals surface area contributed by atoms with Crippen molar-refractivity contribution in [2.24, 2.45) is 5.92 Å². The maximum Gasteiger partial charge on any atom is 0.344 e. The lowest BCUT2D eigenvalue weighted by Gasteiger charge is -2.27. The first kappa shape index (κ1) is 23.4. The van der Waals surface area contributed by atoms with E-state index in [1.54, 1.807) is 12.1 Å². The standard InChI is InChI=1S/C17H26ClN2O6P/c1-12(2)10-20(11-27(23,24)25)17(22)19-15(16(21)26-3)8-13-5-4-6-14(7-13)9-18/h4-7,12,15H,8-11H2,1-3H3,(H,19,22)(H2,23,24,25). The second-order valence-corrected chi connectivity index (χ2v) is 8.48. The number of benzene rings is 1. The molecule has 8 nitrogen and oxygen atoms in total. The third-order valence-electron chi connectivity index (χ3n) is 3.60. The van der Waals surface area contributed by atoms with E-state index in [0.717, 1.165) is 16.0 Å². The van der Waals surface area contributed by atoms with Gasteiger partial charge < -0.3 is 24.7 Å². The number of nitrogens with zero attached hydrogens (tertiary/aromatic N) is 1. The Morgan fingerprint density at radius 3 is 2.44 bits per heavy atom. The lowest BCUT2D eigenvalue weighted by atomic mass is 10.0. The third kappa shape index (κ3) is 8.75. The number of alkyl halides is 1. The highest BCUT2D eigenvalue weighted by atomic mass is 35.5. The van der Waals surface area contributed by atoms with Crippen molar-refractivity contribution in [3.05, 3.63) is 35.4 Å². The molecular formula is C17H26ClN2O6P. The Hall–Kier alpha value is -1.60. The fourth-order valence-electron chi connectivity index (χ4n) is 2.52. The van der Waals surface area contributed by atoms with E-state index in [4.69, 9.17) is 16.3 Å². The number of halogens is 1. The minimum Gasteiger partial charge on any atom is -0.467 e. The number of urea groups is 1. The van der Waals surface area contributed by atoms with Gasteiger partial charge in [-0.2, -0.15) is 0 Å². The molecule has 1 atom stereocenters. The second-order valence-electron chi connectivity index (χ2n) is 6.61. The smallest absolute Gasteiger partial charge is 0.344 e. The Labute approximate surface area is 164 Å². The molecule has 2 amide bonds. The van der Waals surface area contributed by atoms with Gasteiger partial charge >= 0.3 is 19.6 Å². The summed E-state index contributed by atoms with van der Waals surface area (Å²) in [6.07, 6.45) is -0.568. The fourth-order valence-corrected chi connectivity index (χ4v) is 3.37. The molecule has 0 saturated carbocycles. The van der Waals surface area contributed by atoms with E-state index in [1.165, 1.54) is 7.11 Å². The Bertz CT molecular complexity index is 694. The minimum atomic E-state index is -4.45. The number of hydrogen-bond acceptors (Lipinski definition) is 4. The fraction of sp³-hybridized carbons (Fsp3) is 0.529. The van der Waals surface area contributed by atoms with Crippen LogP contribution in [-0.2, 0) is 26.4 Å². The first-order chi connectivity index (χ1) is 12.6. The summed E-state index contributed by atoms with van der Waals surface area (Å²) in [5.74, 6) is -0.354. The highest BCUT2D eigenvalue weighted by Gasteiger charge is 2.28. The summed E-state index contributed by atoms with van der Waals surface area (Å²) in [6, 6.07) is 5.50. The van der Waals surface area contributed by atoms with Gasteiger partial charge in [0.15, 0.2) is 0 Å². The van der Waals surface area contributed by atoms with Gasteiger partial charge in [0, 0.05) is 18.8 Å². The van der Waals surface area contributed by atoms with Crippen LogP contribution in [0.5, 0.6) is 0 Å². The molecule has 0 fully saturated rings. The van der Waals surface area contributed by atoms with Gasteiger partial charge in [0.1, 0.15) is 12.3 Å². The van der Waals surface area contributed by atoms with E-state index < -0.39 is 31.9 Å². The number of amides is 2. The van der Waals surface area contributed by atoms with Crippen molar-refractivity contribution in [2.45, 2.75) is 32.2 Å². The third-order valence-corrected chi connectivity index (χ3v) is 4.62. The van der Waals surface area contributed by atoms with Crippen LogP contribution in [0.2, 0.25) is 0 Å². The molecule has 0 saturated heterocycles. The van der Waals surface area contributed by atoms with E-state index in [2.05, 4.69) is 5.32 Å². The molecule has 0 aromatic heterocycles. The van der Waals surface area contributed by atoms with Crippen molar-refractivity contribution in [1.82, 2.24) is 10.2 Å². The molecular weight excluding hydrogens is 395 g/mol. The number of methoxy groups -OCH3 is 1. The highest BCUT2D eigenvalue weighted by molar-refractivity contribution is 7.51. The quantitative estimate of drug-likeness (QED) is 0.321. The molecule has 0 spiro atoms. The Balaban J connectivity index is 2.96. The van der Waals surface area contributed by atoms with E-state index in [0.29, 0.717) is 5.88 Å². The van der Waals surface area contributed by atoms with Crippen LogP contribution in [0.1, 0.15) is 25.0 Å². The topological polar surface area (TPSA) is 116 Å². The Kier molecular flexibility index (Phi) is 9.26. The van der Waals surface area contributed by atoms with Crippen LogP contribution < -0.4 is 5.32 Å². The highest BCUT2D eigenvalue weighted by Crippen LogP contribution is 2.35. The van der Waals surface area contributed by atoms with Crippen LogP contribution in [0.4, 0.5) is 4.79 Å². The van der Waals surface area contributed by atoms with Gasteiger partial charge in [-0.1, -0.05) is 38.1 Å². The molecule has 3 N–H and O–H groups in total. The average molecular weight is 421 g/mol. The molecule has 0 bridgehead atoms. The molecule has 0 heterocycles. The van der Waals surface area contributed by atoms with Crippen LogP contribution in [-0.4, -0.2) is 52.7 Å². The van der Waals surface area contributed by atoms with E-state index in [-0.39, 0.29) is 18.9 Å². The van der Waals surface area contributed by atoms with E-state index >= 15 is 0 Å². The van der Waals surface area contributed by atoms with E-state index in [9.17, 15) is 23.9 Å². The lowest BCUT2D eigenvalue weighted by Crippen LogP contribution is -2.50. The summed E-state index contributed by atoms with van der Waals surface area (Å²) in [7, 11) is -3.24. The van der Waals surface area contributed by atoms with Gasteiger partial charge in [0.2, 0.25) is 0 Å². The molecule has 152 valence electrons. The number of nitrogens with one attached hydrogen (secondary N) is 1. The summed E-state index contributed by atoms with van der Waals surface area (Å²) >= 11 is 5.82. The van der Waals surface area contributed by atoms with Gasteiger partial charge in [0.05, 0.1) is 7.11 Å². The number of esters is 1. The zero-order chi connectivity index (χ0) is 20.6. The summed E-state index contributed by atoms with van der Waals surface area (Å²) in [5, 5.41) is 2.52. The molecule has 27 heavy (non-hydrogen) atoms. The van der Waals surface area contributed by atoms with Gasteiger partial charge in [-0.25, -0.2) is 9.59 Å². The molecule has 1 unspecified atom stereocenters. The van der Waals surface area contributed by atoms with Gasteiger partial charge in [-0.15, -0.1) is 11.6 Å². The van der Waals surface area contributed by atoms with E-state index in [1.807, 2.05) is 26.0 Å². The van der Waals surface area contributed by atoms with Crippen molar-refractivity contribution < 1.29 is 28.7 Å². The summed E-state index contributed by atoms with van der Waals surface area (Å²) in [4.78, 5) is 44.1. The summed E-state index contributed by atoms with van der Waals surface area (Å²) < 4.78 is 16.1. The first-order valence-electron chi connectivity index (χ1n) is 8.37. The molecule has 1 aromatic carbocycles. The van der Waals surface area contributed by atoms with Gasteiger partial charge in [-0.3, -0.25) is 4.57 Å². The maximum atomic E-state index is 12.5. The molecule has 10 heteroatoms. The zero-order valence-electron chi connectivity index (χ0n) is 15.6. The number of hydrogen-bond donors (Lipinski definition) is 3. The van der Waals surface area contributed by atoms with Crippen LogP contribution in [0.3, 0.4) is 0 Å². The number of ether oxygens (including phenoxy) is 1. The van der Waals surface area contributed by atoms with Crippen molar-refractivity contribution in [2.75, 3.05) is 19.9 Å². The zero-order valence-corrected chi connectivity index (χ0v) is 17.2. The molecule has 1 aromatic rings. The van der Waals surface area contributed by atoms with Crippen LogP contribution in [0, 0.1) is 5.92 Å². The van der Waals surface area contributed by atoms with Gasteiger partial charge in [0.25, 0.3) is 0 Å². The maximum absolute atomic E-state index is 12.5. The SMILES string of the molecule is COC(=O)C(Cc1cccc(CCl)c1)NC(=O)N(CC(C)C)CP(=O)(O)O. The van der Waals surface area contributed by atoms with Crippen molar-refractivity contribution in [3.63, 3.8) is 0 Å². The molecule has 0 aliphatic heterocycles. The largest absolute Gasteiger partial charge is 0.467 e. The summed E-state index contributed by atoms with van der Waals surface area (Å²) in [6.45, 7) is 3.76. The first-order valence-corrected chi connectivity index (χ1v) is 10.7. The Morgan fingerprint density at radius 1 is 1.30 bits per heavy atom. The van der Waals surface area contributed by atoms with Crippen LogP contribution in [0.25, 0.3) is 0 Å². The average Bonchev–Trinajstić information content (AvgIpc) is 2.58. The molecule has 0 aliphatic carbocycles. The molecule has 1 rings (SSSR count). The monoisotopic (exact) mass is 420 g/mol. The Morgan fingerprint density at radius 2 is 1.93 bits per heavy atom. The molecule has 0 aliphatic rings. The second kappa shape index (κ2) is 10.7. The lowest BCUT2D eigenvalue weighted by molar-refractivity contribution is -0.142.